The second-order valence-electron chi connectivity index (χ2n) is 5.17. The van der Waals surface area contributed by atoms with Crippen molar-refractivity contribution >= 4 is 17.5 Å². The minimum atomic E-state index is -0.451. The van der Waals surface area contributed by atoms with E-state index in [4.69, 9.17) is 0 Å². The van der Waals surface area contributed by atoms with E-state index in [1.165, 1.54) is 42.6 Å². The zero-order valence-corrected chi connectivity index (χ0v) is 13.0. The molecule has 5 nitrogen and oxygen atoms in total. The number of aromatic nitrogens is 2. The predicted octanol–water partition coefficient (Wildman–Crippen LogP) is 3.43. The molecule has 0 bridgehead atoms. The molecule has 0 saturated heterocycles. The Kier molecular flexibility index (Phi) is 4.94. The summed E-state index contributed by atoms with van der Waals surface area (Å²) in [5.74, 6) is -0.991. The van der Waals surface area contributed by atoms with Gasteiger partial charge in [-0.1, -0.05) is 18.2 Å². The molecule has 3 rings (SSSR count). The van der Waals surface area contributed by atoms with Crippen LogP contribution in [0.3, 0.4) is 0 Å². The maximum absolute atomic E-state index is 13.6. The molecule has 0 saturated carbocycles. The van der Waals surface area contributed by atoms with Gasteiger partial charge in [-0.15, -0.1) is 0 Å². The Morgan fingerprint density at radius 3 is 2.52 bits per heavy atom. The van der Waals surface area contributed by atoms with Gasteiger partial charge >= 0.3 is 0 Å². The van der Waals surface area contributed by atoms with E-state index in [1.54, 1.807) is 18.2 Å². The average Bonchev–Trinajstić information content (AvgIpc) is 2.63. The van der Waals surface area contributed by atoms with Gasteiger partial charge in [-0.25, -0.2) is 18.7 Å². The molecule has 0 spiro atoms. The molecule has 25 heavy (non-hydrogen) atoms. The summed E-state index contributed by atoms with van der Waals surface area (Å²) in [6.07, 6.45) is 1.43. The number of carbonyl (C=O) groups is 1. The topological polar surface area (TPSA) is 66.9 Å². The van der Waals surface area contributed by atoms with Crippen molar-refractivity contribution in [3.63, 3.8) is 0 Å². The average molecular weight is 340 g/mol. The van der Waals surface area contributed by atoms with Crippen LogP contribution >= 0.6 is 0 Å². The van der Waals surface area contributed by atoms with Gasteiger partial charge < -0.3 is 10.6 Å². The molecule has 1 amide bonds. The summed E-state index contributed by atoms with van der Waals surface area (Å²) in [5, 5.41) is 5.49. The molecule has 0 fully saturated rings. The number of nitrogens with one attached hydrogen (secondary N) is 2. The molecular formula is C18H14F2N4O. The van der Waals surface area contributed by atoms with Gasteiger partial charge in [0.1, 0.15) is 17.3 Å². The Morgan fingerprint density at radius 1 is 1.00 bits per heavy atom. The van der Waals surface area contributed by atoms with E-state index in [1.807, 2.05) is 0 Å². The second-order valence-corrected chi connectivity index (χ2v) is 5.17. The van der Waals surface area contributed by atoms with Crippen LogP contribution in [0.15, 0.2) is 60.8 Å². The van der Waals surface area contributed by atoms with Gasteiger partial charge in [0, 0.05) is 24.0 Å². The Bertz CT molecular complexity index is 884. The van der Waals surface area contributed by atoms with Gasteiger partial charge in [-0.2, -0.15) is 0 Å². The van der Waals surface area contributed by atoms with Crippen molar-refractivity contribution in [2.45, 2.75) is 6.54 Å². The van der Waals surface area contributed by atoms with E-state index < -0.39 is 5.91 Å². The third kappa shape index (κ3) is 4.35. The van der Waals surface area contributed by atoms with E-state index in [0.29, 0.717) is 11.3 Å². The molecule has 0 unspecified atom stereocenters. The van der Waals surface area contributed by atoms with E-state index in [-0.39, 0.29) is 29.8 Å². The van der Waals surface area contributed by atoms with Gasteiger partial charge in [-0.05, 0) is 36.4 Å². The Labute approximate surface area is 142 Å². The summed E-state index contributed by atoms with van der Waals surface area (Å²) >= 11 is 0. The number of rotatable bonds is 5. The van der Waals surface area contributed by atoms with Crippen molar-refractivity contribution in [2.24, 2.45) is 0 Å². The normalized spacial score (nSPS) is 10.3. The summed E-state index contributed by atoms with van der Waals surface area (Å²) < 4.78 is 26.5. The minimum Gasteiger partial charge on any atom is -0.347 e. The van der Waals surface area contributed by atoms with Crippen LogP contribution in [0, 0.1) is 11.6 Å². The highest BCUT2D eigenvalue weighted by Gasteiger charge is 2.10. The molecule has 0 atom stereocenters. The third-order valence-electron chi connectivity index (χ3n) is 3.39. The lowest BCUT2D eigenvalue weighted by atomic mass is 10.2. The van der Waals surface area contributed by atoms with Crippen LogP contribution < -0.4 is 10.6 Å². The first kappa shape index (κ1) is 16.5. The molecule has 0 aliphatic rings. The number of hydrogen-bond donors (Lipinski definition) is 2. The SMILES string of the molecule is O=C(NCc1ccccc1F)c1ccnc(Nc2ccc(F)cc2)n1. The lowest BCUT2D eigenvalue weighted by molar-refractivity contribution is 0.0945. The molecule has 1 heterocycles. The molecule has 7 heteroatoms. The molecule has 2 aromatic carbocycles. The quantitative estimate of drug-likeness (QED) is 0.747. The fraction of sp³-hybridized carbons (Fsp3) is 0.0556. The van der Waals surface area contributed by atoms with E-state index >= 15 is 0 Å². The third-order valence-corrected chi connectivity index (χ3v) is 3.39. The number of nitrogens with zero attached hydrogens (tertiary/aromatic N) is 2. The molecule has 0 radical (unpaired) electrons. The number of halogens is 2. The fourth-order valence-electron chi connectivity index (χ4n) is 2.12. The lowest BCUT2D eigenvalue weighted by Gasteiger charge is -2.08. The van der Waals surface area contributed by atoms with Crippen molar-refractivity contribution in [2.75, 3.05) is 5.32 Å². The van der Waals surface area contributed by atoms with Gasteiger partial charge in [0.15, 0.2) is 0 Å². The van der Waals surface area contributed by atoms with Crippen molar-refractivity contribution < 1.29 is 13.6 Å². The number of amides is 1. The highest BCUT2D eigenvalue weighted by Crippen LogP contribution is 2.13. The maximum atomic E-state index is 13.6. The van der Waals surface area contributed by atoms with Crippen molar-refractivity contribution in [1.82, 2.24) is 15.3 Å². The number of anilines is 2. The standard InChI is InChI=1S/C18H14F2N4O/c19-13-5-7-14(8-6-13)23-18-21-10-9-16(24-18)17(25)22-11-12-3-1-2-4-15(12)20/h1-10H,11H2,(H,22,25)(H,21,23,24). The van der Waals surface area contributed by atoms with Gasteiger partial charge in [0.25, 0.3) is 5.91 Å². The van der Waals surface area contributed by atoms with Crippen molar-refractivity contribution in [1.29, 1.82) is 0 Å². The zero-order chi connectivity index (χ0) is 17.6. The van der Waals surface area contributed by atoms with Crippen LogP contribution in [0.2, 0.25) is 0 Å². The van der Waals surface area contributed by atoms with Gasteiger partial charge in [0.2, 0.25) is 5.95 Å². The smallest absolute Gasteiger partial charge is 0.270 e. The lowest BCUT2D eigenvalue weighted by Crippen LogP contribution is -2.24. The van der Waals surface area contributed by atoms with Crippen LogP contribution in [-0.4, -0.2) is 15.9 Å². The number of benzene rings is 2. The van der Waals surface area contributed by atoms with E-state index in [9.17, 15) is 13.6 Å². The van der Waals surface area contributed by atoms with Crippen LogP contribution in [0.1, 0.15) is 16.1 Å². The summed E-state index contributed by atoms with van der Waals surface area (Å²) in [6, 6.07) is 13.3. The van der Waals surface area contributed by atoms with Gasteiger partial charge in [-0.3, -0.25) is 4.79 Å². The van der Waals surface area contributed by atoms with Crippen molar-refractivity contribution in [3.05, 3.63) is 83.7 Å². The largest absolute Gasteiger partial charge is 0.347 e. The fourth-order valence-corrected chi connectivity index (χ4v) is 2.12. The van der Waals surface area contributed by atoms with Crippen LogP contribution in [0.4, 0.5) is 20.4 Å². The second kappa shape index (κ2) is 7.48. The highest BCUT2D eigenvalue weighted by atomic mass is 19.1. The summed E-state index contributed by atoms with van der Waals surface area (Å²) in [5.41, 5.74) is 1.11. The predicted molar refractivity (Wildman–Crippen MR) is 89.3 cm³/mol. The van der Waals surface area contributed by atoms with E-state index in [2.05, 4.69) is 20.6 Å². The molecule has 1 aromatic heterocycles. The molecule has 0 aliphatic heterocycles. The summed E-state index contributed by atoms with van der Waals surface area (Å²) in [6.45, 7) is 0.0518. The van der Waals surface area contributed by atoms with Crippen LogP contribution in [-0.2, 0) is 6.54 Å². The number of carbonyl (C=O) groups excluding carboxylic acids is 1. The minimum absolute atomic E-state index is 0.0518. The Morgan fingerprint density at radius 2 is 1.76 bits per heavy atom. The maximum Gasteiger partial charge on any atom is 0.270 e. The highest BCUT2D eigenvalue weighted by molar-refractivity contribution is 5.92. The Hall–Kier alpha value is -3.35. The van der Waals surface area contributed by atoms with Crippen LogP contribution in [0.25, 0.3) is 0 Å². The summed E-state index contributed by atoms with van der Waals surface area (Å²) in [7, 11) is 0. The zero-order valence-electron chi connectivity index (χ0n) is 13.0. The van der Waals surface area contributed by atoms with Crippen molar-refractivity contribution in [3.8, 4) is 0 Å². The molecule has 126 valence electrons. The molecule has 2 N–H and O–H groups in total. The molecule has 3 aromatic rings. The first-order valence-corrected chi connectivity index (χ1v) is 7.49. The van der Waals surface area contributed by atoms with Gasteiger partial charge in [0.05, 0.1) is 0 Å². The Balaban J connectivity index is 1.67. The first-order chi connectivity index (χ1) is 12.1. The summed E-state index contributed by atoms with van der Waals surface area (Å²) in [4.78, 5) is 20.3. The monoisotopic (exact) mass is 340 g/mol. The first-order valence-electron chi connectivity index (χ1n) is 7.49. The number of hydrogen-bond acceptors (Lipinski definition) is 4. The molecular weight excluding hydrogens is 326 g/mol. The van der Waals surface area contributed by atoms with E-state index in [0.717, 1.165) is 0 Å². The van der Waals surface area contributed by atoms with Crippen LogP contribution in [0.5, 0.6) is 0 Å². The molecule has 0 aliphatic carbocycles.